The van der Waals surface area contributed by atoms with Crippen LogP contribution in [-0.4, -0.2) is 12.1 Å². The van der Waals surface area contributed by atoms with Crippen molar-refractivity contribution in [2.24, 2.45) is 0 Å². The first kappa shape index (κ1) is 10.5. The number of nitrogens with zero attached hydrogens (tertiary/aromatic N) is 1. The first-order valence-electron chi connectivity index (χ1n) is 5.06. The normalized spacial score (nSPS) is 10.1. The van der Waals surface area contributed by atoms with Crippen molar-refractivity contribution >= 4 is 5.69 Å². The molecule has 0 saturated heterocycles. The molecule has 3 heteroatoms. The third kappa shape index (κ3) is 1.98. The summed E-state index contributed by atoms with van der Waals surface area (Å²) in [7, 11) is 1.65. The lowest BCUT2D eigenvalue weighted by Crippen LogP contribution is -1.91. The minimum atomic E-state index is 0.751. The van der Waals surface area contributed by atoms with E-state index in [0.717, 1.165) is 28.1 Å². The van der Waals surface area contributed by atoms with E-state index in [2.05, 4.69) is 11.1 Å². The summed E-state index contributed by atoms with van der Waals surface area (Å²) in [4.78, 5) is 4.11. The Balaban J connectivity index is 2.58. The fraction of sp³-hybridized carbons (Fsp3) is 0.154. The molecule has 3 nitrogen and oxygen atoms in total. The summed E-state index contributed by atoms with van der Waals surface area (Å²) in [6.07, 6.45) is 3.49. The number of aromatic nitrogens is 1. The average Bonchev–Trinajstić information content (AvgIpc) is 2.27. The highest BCUT2D eigenvalue weighted by Crippen LogP contribution is 2.30. The predicted octanol–water partition coefficient (Wildman–Crippen LogP) is 2.65. The number of aryl methyl sites for hydroxylation is 1. The summed E-state index contributed by atoms with van der Waals surface area (Å²) in [5.74, 6) is 0.806. The predicted molar refractivity (Wildman–Crippen MR) is 65.4 cm³/mol. The second-order valence-electron chi connectivity index (χ2n) is 3.71. The zero-order valence-electron chi connectivity index (χ0n) is 9.40. The van der Waals surface area contributed by atoms with Gasteiger partial charge in [-0.1, -0.05) is 6.07 Å². The van der Waals surface area contributed by atoms with Gasteiger partial charge >= 0.3 is 0 Å². The second kappa shape index (κ2) is 4.23. The highest BCUT2D eigenvalue weighted by Gasteiger charge is 2.06. The van der Waals surface area contributed by atoms with Gasteiger partial charge in [0.05, 0.1) is 7.11 Å². The van der Waals surface area contributed by atoms with Crippen LogP contribution in [0.15, 0.2) is 36.7 Å². The molecule has 82 valence electrons. The number of ether oxygens (including phenoxy) is 1. The molecule has 0 spiro atoms. The smallest absolute Gasteiger partial charge is 0.129 e. The Hall–Kier alpha value is -2.03. The SMILES string of the molecule is COc1ccncc1-c1cc(C)cc(N)c1. The molecule has 2 N–H and O–H groups in total. The van der Waals surface area contributed by atoms with Crippen LogP contribution in [-0.2, 0) is 0 Å². The quantitative estimate of drug-likeness (QED) is 0.782. The van der Waals surface area contributed by atoms with Gasteiger partial charge in [-0.15, -0.1) is 0 Å². The van der Waals surface area contributed by atoms with Gasteiger partial charge in [-0.05, 0) is 36.2 Å². The molecule has 0 radical (unpaired) electrons. The zero-order chi connectivity index (χ0) is 11.5. The monoisotopic (exact) mass is 214 g/mol. The van der Waals surface area contributed by atoms with Crippen LogP contribution in [0, 0.1) is 6.92 Å². The largest absolute Gasteiger partial charge is 0.496 e. The van der Waals surface area contributed by atoms with Gasteiger partial charge < -0.3 is 10.5 Å². The van der Waals surface area contributed by atoms with Crippen molar-refractivity contribution in [1.29, 1.82) is 0 Å². The number of nitrogens with two attached hydrogens (primary N) is 1. The third-order valence-corrected chi connectivity index (χ3v) is 2.41. The Morgan fingerprint density at radius 2 is 2.06 bits per heavy atom. The lowest BCUT2D eigenvalue weighted by atomic mass is 10.0. The van der Waals surface area contributed by atoms with E-state index in [0.29, 0.717) is 0 Å². The molecule has 0 atom stereocenters. The first-order valence-corrected chi connectivity index (χ1v) is 5.06. The molecular weight excluding hydrogens is 200 g/mol. The number of pyridine rings is 1. The van der Waals surface area contributed by atoms with Crippen molar-refractivity contribution in [1.82, 2.24) is 4.98 Å². The fourth-order valence-corrected chi connectivity index (χ4v) is 1.74. The summed E-state index contributed by atoms with van der Waals surface area (Å²) in [5.41, 5.74) is 9.69. The highest BCUT2D eigenvalue weighted by atomic mass is 16.5. The van der Waals surface area contributed by atoms with Gasteiger partial charge in [0.15, 0.2) is 0 Å². The third-order valence-electron chi connectivity index (χ3n) is 2.41. The topological polar surface area (TPSA) is 48.1 Å². The molecule has 0 aliphatic heterocycles. The maximum atomic E-state index is 5.83. The summed E-state index contributed by atoms with van der Waals surface area (Å²) < 4.78 is 5.30. The Morgan fingerprint density at radius 1 is 1.25 bits per heavy atom. The lowest BCUT2D eigenvalue weighted by Gasteiger charge is -2.09. The molecule has 1 heterocycles. The summed E-state index contributed by atoms with van der Waals surface area (Å²) in [6, 6.07) is 7.77. The van der Waals surface area contributed by atoms with Gasteiger partial charge in [0.2, 0.25) is 0 Å². The van der Waals surface area contributed by atoms with Crippen molar-refractivity contribution in [3.8, 4) is 16.9 Å². The maximum absolute atomic E-state index is 5.83. The first-order chi connectivity index (χ1) is 7.70. The van der Waals surface area contributed by atoms with Gasteiger partial charge in [-0.25, -0.2) is 0 Å². The molecule has 1 aromatic heterocycles. The van der Waals surface area contributed by atoms with E-state index in [1.165, 1.54) is 0 Å². The van der Waals surface area contributed by atoms with E-state index in [-0.39, 0.29) is 0 Å². The Kier molecular flexibility index (Phi) is 2.77. The molecule has 2 rings (SSSR count). The van der Waals surface area contributed by atoms with Crippen LogP contribution in [0.5, 0.6) is 5.75 Å². The van der Waals surface area contributed by atoms with Crippen LogP contribution < -0.4 is 10.5 Å². The second-order valence-corrected chi connectivity index (χ2v) is 3.71. The van der Waals surface area contributed by atoms with Crippen LogP contribution in [0.25, 0.3) is 11.1 Å². The molecule has 0 unspecified atom stereocenters. The number of nitrogen functional groups attached to an aromatic ring is 1. The molecule has 16 heavy (non-hydrogen) atoms. The molecule has 1 aromatic carbocycles. The molecule has 0 aliphatic rings. The molecule has 0 aliphatic carbocycles. The Labute approximate surface area is 94.9 Å². The molecule has 0 amide bonds. The van der Waals surface area contributed by atoms with Crippen LogP contribution in [0.1, 0.15) is 5.56 Å². The van der Waals surface area contributed by atoms with Gasteiger partial charge in [0.25, 0.3) is 0 Å². The van der Waals surface area contributed by atoms with E-state index < -0.39 is 0 Å². The number of rotatable bonds is 2. The van der Waals surface area contributed by atoms with E-state index in [1.54, 1.807) is 19.5 Å². The number of benzene rings is 1. The molecule has 0 bridgehead atoms. The molecular formula is C13H14N2O. The van der Waals surface area contributed by atoms with Gasteiger partial charge in [-0.3, -0.25) is 4.98 Å². The zero-order valence-corrected chi connectivity index (χ0v) is 9.40. The van der Waals surface area contributed by atoms with Crippen LogP contribution in [0.2, 0.25) is 0 Å². The number of methoxy groups -OCH3 is 1. The number of anilines is 1. The van der Waals surface area contributed by atoms with Gasteiger partial charge in [0.1, 0.15) is 5.75 Å². The van der Waals surface area contributed by atoms with Crippen molar-refractivity contribution in [2.75, 3.05) is 12.8 Å². The maximum Gasteiger partial charge on any atom is 0.129 e. The Bertz CT molecular complexity index is 489. The van der Waals surface area contributed by atoms with Crippen molar-refractivity contribution < 1.29 is 4.74 Å². The van der Waals surface area contributed by atoms with Crippen LogP contribution >= 0.6 is 0 Å². The van der Waals surface area contributed by atoms with Crippen molar-refractivity contribution in [3.05, 3.63) is 42.2 Å². The van der Waals surface area contributed by atoms with Crippen molar-refractivity contribution in [3.63, 3.8) is 0 Å². The van der Waals surface area contributed by atoms with E-state index >= 15 is 0 Å². The number of hydrogen-bond donors (Lipinski definition) is 1. The van der Waals surface area contributed by atoms with E-state index in [1.807, 2.05) is 25.1 Å². The average molecular weight is 214 g/mol. The van der Waals surface area contributed by atoms with E-state index in [4.69, 9.17) is 10.5 Å². The summed E-state index contributed by atoms with van der Waals surface area (Å²) in [5, 5.41) is 0. The molecule has 0 saturated carbocycles. The highest BCUT2D eigenvalue weighted by molar-refractivity contribution is 5.72. The summed E-state index contributed by atoms with van der Waals surface area (Å²) >= 11 is 0. The minimum Gasteiger partial charge on any atom is -0.496 e. The Morgan fingerprint density at radius 3 is 2.75 bits per heavy atom. The summed E-state index contributed by atoms with van der Waals surface area (Å²) in [6.45, 7) is 2.02. The lowest BCUT2D eigenvalue weighted by molar-refractivity contribution is 0.416. The number of hydrogen-bond acceptors (Lipinski definition) is 3. The van der Waals surface area contributed by atoms with Crippen LogP contribution in [0.3, 0.4) is 0 Å². The standard InChI is InChI=1S/C13H14N2O/c1-9-5-10(7-11(14)6-9)12-8-15-4-3-13(12)16-2/h3-8H,14H2,1-2H3. The van der Waals surface area contributed by atoms with Gasteiger partial charge in [-0.2, -0.15) is 0 Å². The fourth-order valence-electron chi connectivity index (χ4n) is 1.74. The minimum absolute atomic E-state index is 0.751. The molecule has 2 aromatic rings. The van der Waals surface area contributed by atoms with E-state index in [9.17, 15) is 0 Å². The van der Waals surface area contributed by atoms with Crippen LogP contribution in [0.4, 0.5) is 5.69 Å². The van der Waals surface area contributed by atoms with Gasteiger partial charge in [0, 0.05) is 23.6 Å². The van der Waals surface area contributed by atoms with Crippen molar-refractivity contribution in [2.45, 2.75) is 6.92 Å². The molecule has 0 fully saturated rings.